The molecule has 0 radical (unpaired) electrons. The third-order valence-electron chi connectivity index (χ3n) is 5.65. The van der Waals surface area contributed by atoms with Gasteiger partial charge in [0.05, 0.1) is 31.1 Å². The van der Waals surface area contributed by atoms with Crippen LogP contribution in [-0.2, 0) is 4.84 Å². The Bertz CT molecular complexity index is 1270. The van der Waals surface area contributed by atoms with Gasteiger partial charge in [-0.1, -0.05) is 6.07 Å². The molecule has 0 atom stereocenters. The number of carbonyl (C=O) groups is 2. The van der Waals surface area contributed by atoms with Crippen LogP contribution in [0.1, 0.15) is 45.7 Å². The van der Waals surface area contributed by atoms with Crippen LogP contribution in [0.25, 0.3) is 16.9 Å². The summed E-state index contributed by atoms with van der Waals surface area (Å²) in [6.45, 7) is 1.41. The summed E-state index contributed by atoms with van der Waals surface area (Å²) in [7, 11) is 2.71. The van der Waals surface area contributed by atoms with Crippen LogP contribution in [0.15, 0.2) is 30.5 Å². The largest absolute Gasteiger partial charge is 0.390 e. The number of hydrogen-bond acceptors (Lipinski definition) is 6. The molecule has 35 heavy (non-hydrogen) atoms. The highest BCUT2D eigenvalue weighted by Crippen LogP contribution is 2.28. The van der Waals surface area contributed by atoms with Crippen molar-refractivity contribution in [3.05, 3.63) is 47.3 Å². The van der Waals surface area contributed by atoms with Crippen LogP contribution < -0.4 is 10.6 Å². The lowest BCUT2D eigenvalue weighted by Crippen LogP contribution is -2.27. The van der Waals surface area contributed by atoms with Crippen molar-refractivity contribution in [3.8, 4) is 11.3 Å². The van der Waals surface area contributed by atoms with Gasteiger partial charge in [-0.05, 0) is 43.5 Å². The summed E-state index contributed by atoms with van der Waals surface area (Å²) in [5, 5.41) is 11.0. The van der Waals surface area contributed by atoms with Crippen LogP contribution >= 0.6 is 0 Å². The fraction of sp³-hybridized carbons (Fsp3) is 0.391. The van der Waals surface area contributed by atoms with Crippen molar-refractivity contribution in [2.24, 2.45) is 0 Å². The topological polar surface area (TPSA) is 101 Å². The summed E-state index contributed by atoms with van der Waals surface area (Å²) < 4.78 is 39.4. The average Bonchev–Trinajstić information content (AvgIpc) is 3.51. The molecule has 0 bridgehead atoms. The Balaban J connectivity index is 1.72. The van der Waals surface area contributed by atoms with E-state index < -0.39 is 25.0 Å². The highest BCUT2D eigenvalue weighted by molar-refractivity contribution is 5.96. The Hall–Kier alpha value is -3.67. The second-order valence-electron chi connectivity index (χ2n) is 8.38. The molecule has 4 rings (SSSR count). The maximum absolute atomic E-state index is 12.7. The number of hydrogen-bond donors (Lipinski definition) is 2. The van der Waals surface area contributed by atoms with E-state index >= 15 is 0 Å². The van der Waals surface area contributed by atoms with E-state index in [1.807, 2.05) is 6.92 Å². The molecule has 1 fully saturated rings. The minimum Gasteiger partial charge on any atom is -0.382 e. The number of nitrogens with one attached hydrogen (secondary N) is 2. The summed E-state index contributed by atoms with van der Waals surface area (Å²) >= 11 is 0. The SMILES string of the molecule is CON(C)C(=O)c1cc(NCCC(F)(F)F)c2ncc(-c3ccc(C(=O)NC4CC4)c(C)c3)n2n1. The van der Waals surface area contributed by atoms with E-state index in [9.17, 15) is 22.8 Å². The van der Waals surface area contributed by atoms with Gasteiger partial charge in [-0.15, -0.1) is 0 Å². The number of fused-ring (bicyclic) bond motifs is 1. The summed E-state index contributed by atoms with van der Waals surface area (Å²) in [5.41, 5.74) is 2.91. The minimum absolute atomic E-state index is 0.0484. The summed E-state index contributed by atoms with van der Waals surface area (Å²) in [6, 6.07) is 6.83. The number of carbonyl (C=O) groups excluding carboxylic acids is 2. The van der Waals surface area contributed by atoms with Crippen molar-refractivity contribution in [3.63, 3.8) is 0 Å². The van der Waals surface area contributed by atoms with Gasteiger partial charge in [0.2, 0.25) is 0 Å². The number of alkyl halides is 3. The normalized spacial score (nSPS) is 13.7. The van der Waals surface area contributed by atoms with E-state index in [4.69, 9.17) is 4.84 Å². The number of nitrogens with zero attached hydrogens (tertiary/aromatic N) is 4. The molecule has 1 aromatic carbocycles. The molecule has 0 aliphatic heterocycles. The fourth-order valence-corrected chi connectivity index (χ4v) is 3.55. The summed E-state index contributed by atoms with van der Waals surface area (Å²) in [4.78, 5) is 34.4. The number of halogens is 3. The average molecular weight is 490 g/mol. The van der Waals surface area contributed by atoms with Crippen LogP contribution in [0.3, 0.4) is 0 Å². The van der Waals surface area contributed by atoms with Crippen LogP contribution in [0, 0.1) is 6.92 Å². The lowest BCUT2D eigenvalue weighted by atomic mass is 10.0. The lowest BCUT2D eigenvalue weighted by molar-refractivity contribution is -0.131. The first-order valence-corrected chi connectivity index (χ1v) is 11.0. The summed E-state index contributed by atoms with van der Waals surface area (Å²) in [6.07, 6.45) is -1.91. The van der Waals surface area contributed by atoms with Crippen LogP contribution in [0.4, 0.5) is 18.9 Å². The van der Waals surface area contributed by atoms with E-state index in [1.165, 1.54) is 30.9 Å². The van der Waals surface area contributed by atoms with Crippen molar-refractivity contribution in [2.45, 2.75) is 38.4 Å². The number of hydroxylamine groups is 2. The van der Waals surface area contributed by atoms with Crippen molar-refractivity contribution in [1.29, 1.82) is 0 Å². The molecule has 2 aromatic heterocycles. The first kappa shape index (κ1) is 24.5. The highest BCUT2D eigenvalue weighted by atomic mass is 19.4. The molecule has 2 amide bonds. The molecule has 1 aliphatic rings. The molecular formula is C23H25F3N6O3. The molecule has 0 saturated heterocycles. The van der Waals surface area contributed by atoms with E-state index in [1.54, 1.807) is 18.2 Å². The minimum atomic E-state index is -4.34. The van der Waals surface area contributed by atoms with Crippen LogP contribution in [0.2, 0.25) is 0 Å². The van der Waals surface area contributed by atoms with Crippen molar-refractivity contribution < 1.29 is 27.6 Å². The first-order valence-electron chi connectivity index (χ1n) is 11.0. The van der Waals surface area contributed by atoms with Gasteiger partial charge in [0.1, 0.15) is 0 Å². The number of aryl methyl sites for hydroxylation is 1. The monoisotopic (exact) mass is 490 g/mol. The predicted octanol–water partition coefficient (Wildman–Crippen LogP) is 3.59. The molecule has 1 aliphatic carbocycles. The van der Waals surface area contributed by atoms with E-state index in [0.29, 0.717) is 16.8 Å². The van der Waals surface area contributed by atoms with Gasteiger partial charge in [-0.2, -0.15) is 18.3 Å². The molecule has 0 spiro atoms. The van der Waals surface area contributed by atoms with Crippen molar-refractivity contribution in [2.75, 3.05) is 26.0 Å². The Labute approximate surface area is 199 Å². The Morgan fingerprint density at radius 1 is 1.26 bits per heavy atom. The number of imidazole rings is 1. The molecule has 186 valence electrons. The zero-order valence-electron chi connectivity index (χ0n) is 19.4. The van der Waals surface area contributed by atoms with Gasteiger partial charge >= 0.3 is 6.18 Å². The third-order valence-corrected chi connectivity index (χ3v) is 5.65. The molecular weight excluding hydrogens is 465 g/mol. The maximum Gasteiger partial charge on any atom is 0.390 e. The quantitative estimate of drug-likeness (QED) is 0.468. The van der Waals surface area contributed by atoms with E-state index in [0.717, 1.165) is 23.5 Å². The maximum atomic E-state index is 12.7. The molecule has 2 N–H and O–H groups in total. The molecule has 1 saturated carbocycles. The van der Waals surface area contributed by atoms with Crippen LogP contribution in [0.5, 0.6) is 0 Å². The van der Waals surface area contributed by atoms with Crippen molar-refractivity contribution >= 4 is 23.1 Å². The number of benzene rings is 1. The smallest absolute Gasteiger partial charge is 0.382 e. The predicted molar refractivity (Wildman–Crippen MR) is 122 cm³/mol. The van der Waals surface area contributed by atoms with Crippen LogP contribution in [-0.4, -0.2) is 64.4 Å². The second-order valence-corrected chi connectivity index (χ2v) is 8.38. The zero-order chi connectivity index (χ0) is 25.3. The van der Waals surface area contributed by atoms with Gasteiger partial charge in [0.25, 0.3) is 11.8 Å². The van der Waals surface area contributed by atoms with Gasteiger partial charge in [0, 0.05) is 30.8 Å². The van der Waals surface area contributed by atoms with Gasteiger partial charge in [0.15, 0.2) is 11.3 Å². The Kier molecular flexibility index (Phi) is 6.66. The number of anilines is 1. The molecule has 3 aromatic rings. The van der Waals surface area contributed by atoms with Gasteiger partial charge in [-0.3, -0.25) is 14.4 Å². The lowest BCUT2D eigenvalue weighted by Gasteiger charge is -2.15. The number of rotatable bonds is 8. The second kappa shape index (κ2) is 9.53. The highest BCUT2D eigenvalue weighted by Gasteiger charge is 2.27. The molecule has 0 unspecified atom stereocenters. The third kappa shape index (κ3) is 5.53. The van der Waals surface area contributed by atoms with Gasteiger partial charge in [-0.25, -0.2) is 14.6 Å². The Morgan fingerprint density at radius 3 is 2.63 bits per heavy atom. The van der Waals surface area contributed by atoms with Crippen molar-refractivity contribution in [1.82, 2.24) is 25.0 Å². The zero-order valence-corrected chi connectivity index (χ0v) is 19.4. The molecule has 2 heterocycles. The van der Waals surface area contributed by atoms with Gasteiger partial charge < -0.3 is 10.6 Å². The number of aromatic nitrogens is 3. The molecule has 9 nitrogen and oxygen atoms in total. The first-order chi connectivity index (χ1) is 16.6. The van der Waals surface area contributed by atoms with E-state index in [2.05, 4.69) is 20.7 Å². The van der Waals surface area contributed by atoms with E-state index in [-0.39, 0.29) is 29.0 Å². The summed E-state index contributed by atoms with van der Waals surface area (Å²) in [5.74, 6) is -0.726. The number of amides is 2. The standard InChI is InChI=1S/C23H25F3N6O3/c1-13-10-14(4-7-16(13)21(33)29-15-5-6-15)19-12-28-20-17(27-9-8-23(24,25)26)11-18(30-32(19)20)22(34)31(2)35-3/h4,7,10-12,15,27H,5-6,8-9H2,1-3H3,(H,29,33). The Morgan fingerprint density at radius 2 is 2.00 bits per heavy atom. The fourth-order valence-electron chi connectivity index (χ4n) is 3.55. The molecule has 12 heteroatoms.